The summed E-state index contributed by atoms with van der Waals surface area (Å²) in [6.07, 6.45) is 0.872. The van der Waals surface area contributed by atoms with Gasteiger partial charge in [-0.2, -0.15) is 0 Å². The van der Waals surface area contributed by atoms with Crippen LogP contribution >= 0.6 is 11.6 Å². The van der Waals surface area contributed by atoms with Crippen LogP contribution in [0.3, 0.4) is 0 Å². The number of amides is 1. The lowest BCUT2D eigenvalue weighted by molar-refractivity contribution is -0.384. The molecule has 0 heterocycles. The van der Waals surface area contributed by atoms with Crippen LogP contribution in [0.25, 0.3) is 0 Å². The van der Waals surface area contributed by atoms with Crippen LogP contribution < -0.4 is 10.1 Å². The van der Waals surface area contributed by atoms with Crippen molar-refractivity contribution in [1.29, 1.82) is 0 Å². The molecule has 0 aliphatic carbocycles. The molecule has 2 aromatic carbocycles. The SMILES string of the molecule is CCCOc1cccc(C(=O)Nc2cc(Cl)c([N+](=O)[O-])cc2C)c1. The van der Waals surface area contributed by atoms with Gasteiger partial charge in [-0.1, -0.05) is 24.6 Å². The Morgan fingerprint density at radius 3 is 2.75 bits per heavy atom. The Balaban J connectivity index is 2.21. The summed E-state index contributed by atoms with van der Waals surface area (Å²) in [5.74, 6) is 0.271. The predicted octanol–water partition coefficient (Wildman–Crippen LogP) is 4.60. The Bertz CT molecular complexity index is 777. The number of carbonyl (C=O) groups excluding carboxylic acids is 1. The molecule has 0 atom stereocenters. The van der Waals surface area contributed by atoms with Gasteiger partial charge in [0.15, 0.2) is 0 Å². The van der Waals surface area contributed by atoms with Gasteiger partial charge in [0.25, 0.3) is 11.6 Å². The molecule has 1 N–H and O–H groups in total. The van der Waals surface area contributed by atoms with Gasteiger partial charge in [0.2, 0.25) is 0 Å². The van der Waals surface area contributed by atoms with Crippen LogP contribution in [0, 0.1) is 17.0 Å². The van der Waals surface area contributed by atoms with Crippen molar-refractivity contribution in [1.82, 2.24) is 0 Å². The molecule has 0 aromatic heterocycles. The van der Waals surface area contributed by atoms with E-state index in [0.717, 1.165) is 6.42 Å². The lowest BCUT2D eigenvalue weighted by atomic mass is 10.1. The zero-order valence-electron chi connectivity index (χ0n) is 13.3. The normalized spacial score (nSPS) is 10.3. The third kappa shape index (κ3) is 4.23. The van der Waals surface area contributed by atoms with Crippen molar-refractivity contribution >= 4 is 28.9 Å². The predicted molar refractivity (Wildman–Crippen MR) is 93.0 cm³/mol. The average molecular weight is 349 g/mol. The molecule has 7 heteroatoms. The highest BCUT2D eigenvalue weighted by Gasteiger charge is 2.16. The Hall–Kier alpha value is -2.60. The maximum absolute atomic E-state index is 12.4. The number of anilines is 1. The number of halogens is 1. The number of ether oxygens (including phenoxy) is 1. The average Bonchev–Trinajstić information content (AvgIpc) is 2.55. The molecule has 0 aliphatic heterocycles. The molecule has 24 heavy (non-hydrogen) atoms. The van der Waals surface area contributed by atoms with Gasteiger partial charge in [-0.15, -0.1) is 0 Å². The van der Waals surface area contributed by atoms with Crippen molar-refractivity contribution < 1.29 is 14.5 Å². The van der Waals surface area contributed by atoms with E-state index in [0.29, 0.717) is 29.2 Å². The molecule has 0 radical (unpaired) electrons. The van der Waals surface area contributed by atoms with Crippen molar-refractivity contribution in [3.8, 4) is 5.75 Å². The van der Waals surface area contributed by atoms with Gasteiger partial charge in [-0.05, 0) is 43.2 Å². The highest BCUT2D eigenvalue weighted by atomic mass is 35.5. The lowest BCUT2D eigenvalue weighted by Crippen LogP contribution is -2.13. The fourth-order valence-electron chi connectivity index (χ4n) is 2.08. The fraction of sp³-hybridized carbons (Fsp3) is 0.235. The largest absolute Gasteiger partial charge is 0.494 e. The van der Waals surface area contributed by atoms with Crippen molar-refractivity contribution in [3.05, 3.63) is 62.7 Å². The summed E-state index contributed by atoms with van der Waals surface area (Å²) in [5, 5.41) is 13.6. The number of nitro benzene ring substituents is 1. The molecule has 2 aromatic rings. The van der Waals surface area contributed by atoms with E-state index >= 15 is 0 Å². The number of hydrogen-bond acceptors (Lipinski definition) is 4. The van der Waals surface area contributed by atoms with Gasteiger partial charge in [0.1, 0.15) is 10.8 Å². The van der Waals surface area contributed by atoms with E-state index < -0.39 is 4.92 Å². The Morgan fingerprint density at radius 1 is 1.33 bits per heavy atom. The molecule has 0 saturated carbocycles. The van der Waals surface area contributed by atoms with E-state index in [2.05, 4.69) is 5.32 Å². The minimum atomic E-state index is -0.560. The molecule has 0 aliphatic rings. The smallest absolute Gasteiger partial charge is 0.288 e. The Labute approximate surface area is 144 Å². The lowest BCUT2D eigenvalue weighted by Gasteiger charge is -2.10. The maximum Gasteiger partial charge on any atom is 0.288 e. The second kappa shape index (κ2) is 7.79. The summed E-state index contributed by atoms with van der Waals surface area (Å²) in [4.78, 5) is 22.7. The van der Waals surface area contributed by atoms with E-state index in [1.165, 1.54) is 12.1 Å². The number of carbonyl (C=O) groups is 1. The van der Waals surface area contributed by atoms with Crippen LogP contribution in [0.4, 0.5) is 11.4 Å². The van der Waals surface area contributed by atoms with Gasteiger partial charge >= 0.3 is 0 Å². The molecule has 0 bridgehead atoms. The van der Waals surface area contributed by atoms with Crippen LogP contribution in [-0.2, 0) is 0 Å². The van der Waals surface area contributed by atoms with E-state index in [1.807, 2.05) is 6.92 Å². The van der Waals surface area contributed by atoms with E-state index in [4.69, 9.17) is 16.3 Å². The first kappa shape index (κ1) is 17.7. The zero-order valence-corrected chi connectivity index (χ0v) is 14.1. The summed E-state index contributed by atoms with van der Waals surface area (Å²) in [7, 11) is 0. The Morgan fingerprint density at radius 2 is 2.08 bits per heavy atom. The molecular weight excluding hydrogens is 332 g/mol. The number of aryl methyl sites for hydroxylation is 1. The number of benzene rings is 2. The summed E-state index contributed by atoms with van der Waals surface area (Å²) in [6.45, 7) is 4.24. The van der Waals surface area contributed by atoms with Gasteiger partial charge < -0.3 is 10.1 Å². The molecule has 2 rings (SSSR count). The highest BCUT2D eigenvalue weighted by molar-refractivity contribution is 6.33. The molecule has 0 saturated heterocycles. The summed E-state index contributed by atoms with van der Waals surface area (Å²) < 4.78 is 5.51. The third-order valence-electron chi connectivity index (χ3n) is 3.31. The van der Waals surface area contributed by atoms with Gasteiger partial charge in [0.05, 0.1) is 11.5 Å². The second-order valence-corrected chi connectivity index (χ2v) is 5.61. The monoisotopic (exact) mass is 348 g/mol. The zero-order chi connectivity index (χ0) is 17.7. The van der Waals surface area contributed by atoms with Crippen LogP contribution in [0.5, 0.6) is 5.75 Å². The topological polar surface area (TPSA) is 81.5 Å². The summed E-state index contributed by atoms with van der Waals surface area (Å²) in [5.41, 5.74) is 1.22. The van der Waals surface area contributed by atoms with E-state index in [1.54, 1.807) is 31.2 Å². The third-order valence-corrected chi connectivity index (χ3v) is 3.61. The van der Waals surface area contributed by atoms with Gasteiger partial charge in [-0.25, -0.2) is 0 Å². The standard InChI is InChI=1S/C17H17ClN2O4/c1-3-7-24-13-6-4-5-12(9-13)17(21)19-15-10-14(18)16(20(22)23)8-11(15)2/h4-6,8-10H,3,7H2,1-2H3,(H,19,21). The van der Waals surface area contributed by atoms with Crippen molar-refractivity contribution in [2.75, 3.05) is 11.9 Å². The van der Waals surface area contributed by atoms with E-state index in [9.17, 15) is 14.9 Å². The number of nitrogens with zero attached hydrogens (tertiary/aromatic N) is 1. The fourth-order valence-corrected chi connectivity index (χ4v) is 2.32. The van der Waals surface area contributed by atoms with Crippen LogP contribution in [0.15, 0.2) is 36.4 Å². The van der Waals surface area contributed by atoms with Crippen LogP contribution in [0.1, 0.15) is 29.3 Å². The number of nitro groups is 1. The second-order valence-electron chi connectivity index (χ2n) is 5.21. The summed E-state index contributed by atoms with van der Waals surface area (Å²) >= 11 is 5.90. The summed E-state index contributed by atoms with van der Waals surface area (Å²) in [6, 6.07) is 9.53. The first-order valence-corrected chi connectivity index (χ1v) is 7.79. The van der Waals surface area contributed by atoms with E-state index in [-0.39, 0.29) is 16.6 Å². The molecule has 0 unspecified atom stereocenters. The van der Waals surface area contributed by atoms with Crippen molar-refractivity contribution in [2.45, 2.75) is 20.3 Å². The number of rotatable bonds is 6. The first-order valence-electron chi connectivity index (χ1n) is 7.41. The molecule has 0 spiro atoms. The molecule has 1 amide bonds. The highest BCUT2D eigenvalue weighted by Crippen LogP contribution is 2.30. The minimum absolute atomic E-state index is 0.0269. The Kier molecular flexibility index (Phi) is 5.76. The first-order chi connectivity index (χ1) is 11.4. The number of hydrogen-bond donors (Lipinski definition) is 1. The maximum atomic E-state index is 12.4. The molecular formula is C17H17ClN2O4. The van der Waals surface area contributed by atoms with Gasteiger partial charge in [0, 0.05) is 17.3 Å². The van der Waals surface area contributed by atoms with Crippen LogP contribution in [-0.4, -0.2) is 17.4 Å². The minimum Gasteiger partial charge on any atom is -0.494 e. The molecule has 126 valence electrons. The number of nitrogens with one attached hydrogen (secondary N) is 1. The van der Waals surface area contributed by atoms with Crippen molar-refractivity contribution in [2.24, 2.45) is 0 Å². The molecule has 6 nitrogen and oxygen atoms in total. The van der Waals surface area contributed by atoms with Crippen LogP contribution in [0.2, 0.25) is 5.02 Å². The molecule has 0 fully saturated rings. The van der Waals surface area contributed by atoms with Gasteiger partial charge in [-0.3, -0.25) is 14.9 Å². The quantitative estimate of drug-likeness (QED) is 0.611. The van der Waals surface area contributed by atoms with Crippen molar-refractivity contribution in [3.63, 3.8) is 0 Å².